The van der Waals surface area contributed by atoms with E-state index in [0.717, 1.165) is 12.8 Å². The summed E-state index contributed by atoms with van der Waals surface area (Å²) in [6.45, 7) is 6.45. The zero-order chi connectivity index (χ0) is 19.6. The summed E-state index contributed by atoms with van der Waals surface area (Å²) in [6.07, 6.45) is 2.26. The van der Waals surface area contributed by atoms with Gasteiger partial charge in [0.15, 0.2) is 5.82 Å². The summed E-state index contributed by atoms with van der Waals surface area (Å²) in [6, 6.07) is 6.48. The summed E-state index contributed by atoms with van der Waals surface area (Å²) >= 11 is 0. The Balaban J connectivity index is 1.74. The number of anilines is 1. The van der Waals surface area contributed by atoms with Crippen LogP contribution in [-0.2, 0) is 10.2 Å². The Kier molecular flexibility index (Phi) is 5.30. The highest BCUT2D eigenvalue weighted by atomic mass is 19.1. The first-order valence-corrected chi connectivity index (χ1v) is 9.10. The number of carbonyl (C=O) groups is 2. The van der Waals surface area contributed by atoms with E-state index in [2.05, 4.69) is 10.5 Å². The highest BCUT2D eigenvalue weighted by Gasteiger charge is 2.33. The fourth-order valence-electron chi connectivity index (χ4n) is 3.10. The number of nitrogens with one attached hydrogen (secondary N) is 1. The standard InChI is InChI=1S/C20H24FN3O3/c1-20(2,3)16-12-17(23-27-16)22-18(25)15-6-4-5-11-24(15)19(26)13-7-9-14(21)10-8-13/h7-10,12,15H,4-6,11H2,1-3H3,(H,22,23,25). The molecule has 1 aromatic heterocycles. The molecule has 1 unspecified atom stereocenters. The molecule has 1 N–H and O–H groups in total. The molecule has 2 aromatic rings. The van der Waals surface area contributed by atoms with Gasteiger partial charge in [0, 0.05) is 23.6 Å². The van der Waals surface area contributed by atoms with Gasteiger partial charge in [-0.15, -0.1) is 0 Å². The lowest BCUT2D eigenvalue weighted by Gasteiger charge is -2.34. The first kappa shape index (κ1) is 19.1. The van der Waals surface area contributed by atoms with Crippen LogP contribution in [0.2, 0.25) is 0 Å². The molecule has 2 amide bonds. The SMILES string of the molecule is CC(C)(C)c1cc(NC(=O)C2CCCCN2C(=O)c2ccc(F)cc2)no1. The molecule has 3 rings (SSSR count). The number of halogens is 1. The highest BCUT2D eigenvalue weighted by molar-refractivity contribution is 6.01. The first-order valence-electron chi connectivity index (χ1n) is 9.10. The molecule has 27 heavy (non-hydrogen) atoms. The van der Waals surface area contributed by atoms with Crippen LogP contribution in [-0.4, -0.2) is 34.5 Å². The van der Waals surface area contributed by atoms with Gasteiger partial charge in [0.25, 0.3) is 5.91 Å². The van der Waals surface area contributed by atoms with Gasteiger partial charge in [0.2, 0.25) is 5.91 Å². The summed E-state index contributed by atoms with van der Waals surface area (Å²) in [5.41, 5.74) is 0.151. The van der Waals surface area contributed by atoms with Crippen LogP contribution in [0.4, 0.5) is 10.2 Å². The van der Waals surface area contributed by atoms with Crippen LogP contribution in [0.25, 0.3) is 0 Å². The van der Waals surface area contributed by atoms with Crippen LogP contribution in [0, 0.1) is 5.82 Å². The molecular formula is C20H24FN3O3. The van der Waals surface area contributed by atoms with Crippen LogP contribution in [0.5, 0.6) is 0 Å². The molecule has 144 valence electrons. The average molecular weight is 373 g/mol. The molecule has 6 nitrogen and oxygen atoms in total. The maximum Gasteiger partial charge on any atom is 0.254 e. The third-order valence-electron chi connectivity index (χ3n) is 4.66. The van der Waals surface area contributed by atoms with Crippen molar-refractivity contribution in [2.45, 2.75) is 51.5 Å². The Hall–Kier alpha value is -2.70. The number of rotatable bonds is 3. The van der Waals surface area contributed by atoms with Crippen molar-refractivity contribution in [1.29, 1.82) is 0 Å². The van der Waals surface area contributed by atoms with E-state index in [-0.39, 0.29) is 17.2 Å². The molecule has 1 fully saturated rings. The fourth-order valence-corrected chi connectivity index (χ4v) is 3.10. The molecule has 0 bridgehead atoms. The van der Waals surface area contributed by atoms with E-state index in [1.54, 1.807) is 11.0 Å². The average Bonchev–Trinajstić information content (AvgIpc) is 3.10. The minimum atomic E-state index is -0.592. The number of likely N-dealkylation sites (tertiary alicyclic amines) is 1. The number of aromatic nitrogens is 1. The molecular weight excluding hydrogens is 349 g/mol. The minimum absolute atomic E-state index is 0.217. The van der Waals surface area contributed by atoms with Crippen molar-refractivity contribution in [3.63, 3.8) is 0 Å². The van der Waals surface area contributed by atoms with E-state index in [9.17, 15) is 14.0 Å². The molecule has 1 saturated heterocycles. The van der Waals surface area contributed by atoms with E-state index in [1.807, 2.05) is 20.8 Å². The number of hydrogen-bond acceptors (Lipinski definition) is 4. The molecule has 2 heterocycles. The summed E-state index contributed by atoms with van der Waals surface area (Å²) in [7, 11) is 0. The monoisotopic (exact) mass is 373 g/mol. The predicted molar refractivity (Wildman–Crippen MR) is 98.9 cm³/mol. The summed E-state index contributed by atoms with van der Waals surface area (Å²) < 4.78 is 18.4. The smallest absolute Gasteiger partial charge is 0.254 e. The van der Waals surface area contributed by atoms with E-state index < -0.39 is 11.9 Å². The van der Waals surface area contributed by atoms with Crippen molar-refractivity contribution in [3.8, 4) is 0 Å². The predicted octanol–water partition coefficient (Wildman–Crippen LogP) is 3.74. The Morgan fingerprint density at radius 2 is 1.93 bits per heavy atom. The van der Waals surface area contributed by atoms with Gasteiger partial charge in [-0.1, -0.05) is 25.9 Å². The molecule has 0 saturated carbocycles. The number of carbonyl (C=O) groups excluding carboxylic acids is 2. The number of nitrogens with zero attached hydrogens (tertiary/aromatic N) is 2. The van der Waals surface area contributed by atoms with Crippen LogP contribution in [0.3, 0.4) is 0 Å². The molecule has 1 aliphatic rings. The second-order valence-corrected chi connectivity index (χ2v) is 7.83. The van der Waals surface area contributed by atoms with Gasteiger partial charge in [-0.25, -0.2) is 4.39 Å². The normalized spacial score (nSPS) is 17.6. The second kappa shape index (κ2) is 7.50. The Bertz CT molecular complexity index is 824. The quantitative estimate of drug-likeness (QED) is 0.889. The van der Waals surface area contributed by atoms with Crippen LogP contribution in [0.1, 0.15) is 56.2 Å². The van der Waals surface area contributed by atoms with Gasteiger partial charge < -0.3 is 14.7 Å². The van der Waals surface area contributed by atoms with Gasteiger partial charge in [-0.3, -0.25) is 9.59 Å². The Morgan fingerprint density at radius 1 is 1.22 bits per heavy atom. The fraction of sp³-hybridized carbons (Fsp3) is 0.450. The number of amides is 2. The molecule has 7 heteroatoms. The zero-order valence-corrected chi connectivity index (χ0v) is 15.8. The van der Waals surface area contributed by atoms with Gasteiger partial charge in [0.05, 0.1) is 0 Å². The van der Waals surface area contributed by atoms with E-state index in [4.69, 9.17) is 4.52 Å². The van der Waals surface area contributed by atoms with Crippen molar-refractivity contribution in [1.82, 2.24) is 10.1 Å². The summed E-state index contributed by atoms with van der Waals surface area (Å²) in [5, 5.41) is 6.66. The lowest BCUT2D eigenvalue weighted by Crippen LogP contribution is -2.50. The molecule has 0 aliphatic carbocycles. The first-order chi connectivity index (χ1) is 12.8. The largest absolute Gasteiger partial charge is 0.359 e. The summed E-state index contributed by atoms with van der Waals surface area (Å²) in [5.74, 6) is 0.0369. The van der Waals surface area contributed by atoms with Crippen molar-refractivity contribution < 1.29 is 18.5 Å². The Labute approximate surface area is 157 Å². The van der Waals surface area contributed by atoms with E-state index >= 15 is 0 Å². The van der Waals surface area contributed by atoms with Crippen molar-refractivity contribution in [2.24, 2.45) is 0 Å². The van der Waals surface area contributed by atoms with Crippen LogP contribution >= 0.6 is 0 Å². The number of hydrogen-bond donors (Lipinski definition) is 1. The van der Waals surface area contributed by atoms with Gasteiger partial charge in [-0.2, -0.15) is 0 Å². The molecule has 0 spiro atoms. The third kappa shape index (κ3) is 4.35. The zero-order valence-electron chi connectivity index (χ0n) is 15.8. The van der Waals surface area contributed by atoms with Gasteiger partial charge >= 0.3 is 0 Å². The van der Waals surface area contributed by atoms with Gasteiger partial charge in [0.1, 0.15) is 17.6 Å². The second-order valence-electron chi connectivity index (χ2n) is 7.83. The lowest BCUT2D eigenvalue weighted by molar-refractivity contribution is -0.121. The Morgan fingerprint density at radius 3 is 2.56 bits per heavy atom. The minimum Gasteiger partial charge on any atom is -0.359 e. The molecule has 1 aromatic carbocycles. The molecule has 0 radical (unpaired) electrons. The van der Waals surface area contributed by atoms with Crippen LogP contribution in [0.15, 0.2) is 34.9 Å². The highest BCUT2D eigenvalue weighted by Crippen LogP contribution is 2.25. The van der Waals surface area contributed by atoms with Crippen molar-refractivity contribution in [2.75, 3.05) is 11.9 Å². The maximum atomic E-state index is 13.1. The number of piperidine rings is 1. The lowest BCUT2D eigenvalue weighted by atomic mass is 9.93. The van der Waals surface area contributed by atoms with E-state index in [0.29, 0.717) is 30.1 Å². The van der Waals surface area contributed by atoms with Gasteiger partial charge in [-0.05, 0) is 43.5 Å². The molecule has 1 aliphatic heterocycles. The maximum absolute atomic E-state index is 13.1. The topological polar surface area (TPSA) is 75.4 Å². The number of benzene rings is 1. The van der Waals surface area contributed by atoms with E-state index in [1.165, 1.54) is 24.3 Å². The van der Waals surface area contributed by atoms with Crippen molar-refractivity contribution in [3.05, 3.63) is 47.5 Å². The third-order valence-corrected chi connectivity index (χ3v) is 4.66. The van der Waals surface area contributed by atoms with Crippen LogP contribution < -0.4 is 5.32 Å². The van der Waals surface area contributed by atoms with Crippen molar-refractivity contribution >= 4 is 17.6 Å². The summed E-state index contributed by atoms with van der Waals surface area (Å²) in [4.78, 5) is 27.1. The molecule has 1 atom stereocenters.